The standard InChI is InChI=1S/C21H19N5O2/c1-15-19(16-13-22-23-14-16)25-26(2,17-9-5-3-6-10-17)20(15)24-21(27)28-18-11-7-4-8-12-18/h3-14H,1-2H3,(H-,22,23,24,25,27)/p+1. The van der Waals surface area contributed by atoms with E-state index >= 15 is 0 Å². The zero-order valence-electron chi connectivity index (χ0n) is 15.6. The van der Waals surface area contributed by atoms with Crippen LogP contribution >= 0.6 is 0 Å². The number of nitrogens with one attached hydrogen (secondary N) is 2. The number of rotatable bonds is 4. The van der Waals surface area contributed by atoms with Crippen LogP contribution in [-0.4, -0.2) is 29.0 Å². The molecule has 1 unspecified atom stereocenters. The number of H-pyrrole nitrogens is 1. The third-order valence-electron chi connectivity index (χ3n) is 4.65. The molecule has 0 saturated heterocycles. The summed E-state index contributed by atoms with van der Waals surface area (Å²) in [6, 6.07) is 18.7. The first-order valence-electron chi connectivity index (χ1n) is 8.85. The number of carbonyl (C=O) groups is 1. The summed E-state index contributed by atoms with van der Waals surface area (Å²) < 4.78 is 5.48. The van der Waals surface area contributed by atoms with E-state index in [1.165, 1.54) is 0 Å². The molecule has 1 aliphatic heterocycles. The second-order valence-electron chi connectivity index (χ2n) is 6.53. The van der Waals surface area contributed by atoms with Crippen molar-refractivity contribution in [2.24, 2.45) is 5.10 Å². The minimum absolute atomic E-state index is 0.0665. The van der Waals surface area contributed by atoms with Gasteiger partial charge in [-0.25, -0.2) is 10.1 Å². The average Bonchev–Trinajstić information content (AvgIpc) is 3.33. The Morgan fingerprint density at radius 2 is 1.75 bits per heavy atom. The molecule has 2 N–H and O–H groups in total. The molecule has 0 bridgehead atoms. The van der Waals surface area contributed by atoms with E-state index in [0.29, 0.717) is 11.6 Å². The van der Waals surface area contributed by atoms with Crippen LogP contribution in [0.2, 0.25) is 0 Å². The lowest BCUT2D eigenvalue weighted by atomic mass is 10.1. The van der Waals surface area contributed by atoms with Gasteiger partial charge in [0.2, 0.25) is 5.82 Å². The number of hydrogen-bond donors (Lipinski definition) is 2. The second-order valence-corrected chi connectivity index (χ2v) is 6.53. The number of aromatic nitrogens is 2. The van der Waals surface area contributed by atoms with E-state index in [1.807, 2.05) is 62.5 Å². The first-order valence-corrected chi connectivity index (χ1v) is 8.85. The Hall–Kier alpha value is -3.71. The number of quaternary nitrogens is 1. The summed E-state index contributed by atoms with van der Waals surface area (Å²) in [5, 5.41) is 14.6. The summed E-state index contributed by atoms with van der Waals surface area (Å²) in [4.78, 5) is 12.6. The highest BCUT2D eigenvalue weighted by molar-refractivity contribution is 6.14. The van der Waals surface area contributed by atoms with Gasteiger partial charge in [0.15, 0.2) is 5.69 Å². The van der Waals surface area contributed by atoms with Crippen molar-refractivity contribution in [3.63, 3.8) is 0 Å². The molecule has 1 aliphatic rings. The third-order valence-corrected chi connectivity index (χ3v) is 4.65. The molecule has 140 valence electrons. The van der Waals surface area contributed by atoms with Crippen LogP contribution in [0.3, 0.4) is 0 Å². The van der Waals surface area contributed by atoms with Crippen molar-refractivity contribution in [1.29, 1.82) is 0 Å². The molecule has 1 amide bonds. The minimum atomic E-state index is -0.565. The molecule has 2 aromatic carbocycles. The summed E-state index contributed by atoms with van der Waals surface area (Å²) in [6.45, 7) is 1.93. The third kappa shape index (κ3) is 3.19. The first kappa shape index (κ1) is 17.7. The maximum Gasteiger partial charge on any atom is 0.421 e. The fraction of sp³-hybridized carbons (Fsp3) is 0.0952. The second kappa shape index (κ2) is 7.13. The zero-order valence-corrected chi connectivity index (χ0v) is 15.6. The number of benzene rings is 2. The van der Waals surface area contributed by atoms with Crippen molar-refractivity contribution < 1.29 is 9.53 Å². The SMILES string of the molecule is CC1=C(NC(=O)Oc2ccccc2)[N+](C)(c2ccccc2)N=C1c1cn[nH]c1. The summed E-state index contributed by atoms with van der Waals surface area (Å²) in [6.07, 6.45) is 2.93. The Balaban J connectivity index is 1.71. The van der Waals surface area contributed by atoms with Crippen LogP contribution in [0.5, 0.6) is 5.75 Å². The van der Waals surface area contributed by atoms with Crippen LogP contribution < -0.4 is 14.6 Å². The molecule has 7 nitrogen and oxygen atoms in total. The Labute approximate surface area is 162 Å². The largest absolute Gasteiger partial charge is 0.421 e. The van der Waals surface area contributed by atoms with Crippen LogP contribution in [0.25, 0.3) is 0 Å². The van der Waals surface area contributed by atoms with Gasteiger partial charge in [0.25, 0.3) is 0 Å². The molecule has 0 spiro atoms. The smallest absolute Gasteiger partial charge is 0.410 e. The summed E-state index contributed by atoms with van der Waals surface area (Å²) >= 11 is 0. The minimum Gasteiger partial charge on any atom is -0.410 e. The van der Waals surface area contributed by atoms with Gasteiger partial charge in [-0.1, -0.05) is 41.5 Å². The van der Waals surface area contributed by atoms with Gasteiger partial charge in [-0.2, -0.15) is 5.10 Å². The van der Waals surface area contributed by atoms with Gasteiger partial charge in [-0.05, 0) is 19.1 Å². The van der Waals surface area contributed by atoms with Gasteiger partial charge in [-0.3, -0.25) is 5.10 Å². The van der Waals surface area contributed by atoms with E-state index in [4.69, 9.17) is 9.84 Å². The number of allylic oxidation sites excluding steroid dienone is 1. The molecule has 0 aliphatic carbocycles. The first-order chi connectivity index (χ1) is 13.6. The molecule has 1 atom stereocenters. The van der Waals surface area contributed by atoms with Crippen molar-refractivity contribution in [3.05, 3.63) is 90.0 Å². The molecular weight excluding hydrogens is 354 g/mol. The van der Waals surface area contributed by atoms with Gasteiger partial charge < -0.3 is 4.74 Å². The van der Waals surface area contributed by atoms with E-state index in [1.54, 1.807) is 24.5 Å². The molecule has 28 heavy (non-hydrogen) atoms. The van der Waals surface area contributed by atoms with Crippen LogP contribution in [0.4, 0.5) is 10.5 Å². The number of aromatic amines is 1. The van der Waals surface area contributed by atoms with Gasteiger partial charge in [0.05, 0.1) is 11.8 Å². The predicted molar refractivity (Wildman–Crippen MR) is 108 cm³/mol. The van der Waals surface area contributed by atoms with Crippen LogP contribution in [0.15, 0.2) is 89.6 Å². The number of para-hydroxylation sites is 2. The number of nitrogens with zero attached hydrogens (tertiary/aromatic N) is 3. The normalized spacial score (nSPS) is 18.7. The highest BCUT2D eigenvalue weighted by Gasteiger charge is 2.42. The fourth-order valence-corrected chi connectivity index (χ4v) is 3.24. The number of hydrogen-bond acceptors (Lipinski definition) is 4. The van der Waals surface area contributed by atoms with Crippen LogP contribution in [0, 0.1) is 0 Å². The van der Waals surface area contributed by atoms with E-state index in [9.17, 15) is 4.79 Å². The summed E-state index contributed by atoms with van der Waals surface area (Å²) in [5.41, 5.74) is 3.37. The van der Waals surface area contributed by atoms with Gasteiger partial charge in [0.1, 0.15) is 18.5 Å². The number of ether oxygens (including phenoxy) is 1. The molecule has 1 aromatic heterocycles. The van der Waals surface area contributed by atoms with Crippen molar-refractivity contribution in [2.45, 2.75) is 6.92 Å². The van der Waals surface area contributed by atoms with E-state index in [-0.39, 0.29) is 4.59 Å². The van der Waals surface area contributed by atoms with Gasteiger partial charge >= 0.3 is 6.09 Å². The lowest BCUT2D eigenvalue weighted by Crippen LogP contribution is -2.45. The molecule has 3 aromatic rings. The van der Waals surface area contributed by atoms with E-state index < -0.39 is 6.09 Å². The number of amides is 1. The van der Waals surface area contributed by atoms with E-state index in [0.717, 1.165) is 22.5 Å². The Kier molecular flexibility index (Phi) is 4.50. The van der Waals surface area contributed by atoms with Crippen LogP contribution in [-0.2, 0) is 0 Å². The molecule has 2 heterocycles. The Bertz CT molecular complexity index is 1040. The van der Waals surface area contributed by atoms with Gasteiger partial charge in [-0.15, -0.1) is 4.59 Å². The van der Waals surface area contributed by atoms with Gasteiger partial charge in [0, 0.05) is 23.9 Å². The lowest BCUT2D eigenvalue weighted by Gasteiger charge is -2.25. The topological polar surface area (TPSA) is 79.4 Å². The maximum atomic E-state index is 12.6. The highest BCUT2D eigenvalue weighted by Crippen LogP contribution is 2.34. The maximum absolute atomic E-state index is 12.6. The van der Waals surface area contributed by atoms with Crippen LogP contribution in [0.1, 0.15) is 12.5 Å². The lowest BCUT2D eigenvalue weighted by molar-refractivity contribution is 0.199. The molecule has 0 saturated carbocycles. The molecule has 0 radical (unpaired) electrons. The summed E-state index contributed by atoms with van der Waals surface area (Å²) in [5.74, 6) is 1.10. The zero-order chi connectivity index (χ0) is 19.6. The van der Waals surface area contributed by atoms with Crippen molar-refractivity contribution in [2.75, 3.05) is 7.05 Å². The van der Waals surface area contributed by atoms with Crippen molar-refractivity contribution >= 4 is 17.5 Å². The molecule has 7 heteroatoms. The summed E-state index contributed by atoms with van der Waals surface area (Å²) in [7, 11) is 1.92. The Morgan fingerprint density at radius 3 is 2.39 bits per heavy atom. The average molecular weight is 374 g/mol. The molecule has 4 rings (SSSR count). The number of carbonyl (C=O) groups excluding carboxylic acids is 1. The highest BCUT2D eigenvalue weighted by atomic mass is 16.6. The van der Waals surface area contributed by atoms with E-state index in [2.05, 4.69) is 15.5 Å². The fourth-order valence-electron chi connectivity index (χ4n) is 3.24. The van der Waals surface area contributed by atoms with Crippen molar-refractivity contribution in [3.8, 4) is 5.75 Å². The molecule has 0 fully saturated rings. The van der Waals surface area contributed by atoms with Crippen molar-refractivity contribution in [1.82, 2.24) is 20.1 Å². The Morgan fingerprint density at radius 1 is 1.07 bits per heavy atom. The quantitative estimate of drug-likeness (QED) is 0.682. The predicted octanol–water partition coefficient (Wildman–Crippen LogP) is 3.78. The molecular formula is C21H20N5O2+. The monoisotopic (exact) mass is 374 g/mol.